The van der Waals surface area contributed by atoms with E-state index >= 15 is 0 Å². The zero-order valence-corrected chi connectivity index (χ0v) is 20.7. The van der Waals surface area contributed by atoms with Crippen LogP contribution in [0.3, 0.4) is 0 Å². The van der Waals surface area contributed by atoms with Gasteiger partial charge in [0.05, 0.1) is 32.8 Å². The molecule has 0 fully saturated rings. The summed E-state index contributed by atoms with van der Waals surface area (Å²) in [6.45, 7) is 4.25. The van der Waals surface area contributed by atoms with E-state index in [-0.39, 0.29) is 5.91 Å². The normalized spacial score (nSPS) is 11.4. The van der Waals surface area contributed by atoms with Crippen LogP contribution >= 0.6 is 11.6 Å². The predicted molar refractivity (Wildman–Crippen MR) is 140 cm³/mol. The lowest BCUT2D eigenvalue weighted by molar-refractivity contribution is -0.111. The van der Waals surface area contributed by atoms with Gasteiger partial charge in [-0.2, -0.15) is 0 Å². The highest BCUT2D eigenvalue weighted by atomic mass is 35.5. The number of hydrogen-bond donors (Lipinski definition) is 1. The Balaban J connectivity index is 1.73. The van der Waals surface area contributed by atoms with Crippen LogP contribution in [0.1, 0.15) is 19.4 Å². The first kappa shape index (κ1) is 24.2. The first-order valence-electron chi connectivity index (χ1n) is 11.1. The summed E-state index contributed by atoms with van der Waals surface area (Å²) >= 11 is 6.09. The molecule has 6 nitrogen and oxygen atoms in total. The van der Waals surface area contributed by atoms with Crippen molar-refractivity contribution in [3.63, 3.8) is 0 Å². The van der Waals surface area contributed by atoms with Crippen molar-refractivity contribution < 1.29 is 23.4 Å². The lowest BCUT2D eigenvalue weighted by Crippen LogP contribution is -2.10. The molecule has 7 heteroatoms. The quantitative estimate of drug-likeness (QED) is 0.264. The zero-order chi connectivity index (χ0) is 24.9. The molecule has 35 heavy (non-hydrogen) atoms. The summed E-state index contributed by atoms with van der Waals surface area (Å²) in [5.74, 6) is 1.60. The van der Waals surface area contributed by atoms with Crippen LogP contribution in [0.4, 0.5) is 5.69 Å². The van der Waals surface area contributed by atoms with Gasteiger partial charge in [0, 0.05) is 33.7 Å². The monoisotopic (exact) mass is 491 g/mol. The maximum absolute atomic E-state index is 12.9. The van der Waals surface area contributed by atoms with Gasteiger partial charge >= 0.3 is 0 Å². The van der Waals surface area contributed by atoms with Crippen molar-refractivity contribution in [1.82, 2.24) is 0 Å². The van der Waals surface area contributed by atoms with Crippen LogP contribution < -0.4 is 19.5 Å². The van der Waals surface area contributed by atoms with Gasteiger partial charge in [0.2, 0.25) is 5.91 Å². The Kier molecular flexibility index (Phi) is 7.32. The molecule has 0 unspecified atom stereocenters. The van der Waals surface area contributed by atoms with Crippen molar-refractivity contribution >= 4 is 39.7 Å². The first-order valence-corrected chi connectivity index (χ1v) is 11.5. The molecule has 0 radical (unpaired) electrons. The fraction of sp³-hybridized carbons (Fsp3) is 0.179. The molecular weight excluding hydrogens is 466 g/mol. The number of fused-ring (bicyclic) bond motifs is 1. The highest BCUT2D eigenvalue weighted by Gasteiger charge is 2.16. The molecule has 180 valence electrons. The Morgan fingerprint density at radius 1 is 1.06 bits per heavy atom. The number of methoxy groups -OCH3 is 2. The molecule has 0 spiro atoms. The van der Waals surface area contributed by atoms with E-state index in [0.717, 1.165) is 33.4 Å². The summed E-state index contributed by atoms with van der Waals surface area (Å²) < 4.78 is 22.4. The van der Waals surface area contributed by atoms with E-state index in [1.54, 1.807) is 31.6 Å². The fourth-order valence-corrected chi connectivity index (χ4v) is 4.05. The smallest absolute Gasteiger partial charge is 0.248 e. The van der Waals surface area contributed by atoms with Crippen molar-refractivity contribution in [1.29, 1.82) is 0 Å². The minimum Gasteiger partial charge on any atom is -0.497 e. The first-order chi connectivity index (χ1) is 16.9. The van der Waals surface area contributed by atoms with Gasteiger partial charge in [-0.3, -0.25) is 4.79 Å². The van der Waals surface area contributed by atoms with Gasteiger partial charge in [0.15, 0.2) is 0 Å². The summed E-state index contributed by atoms with van der Waals surface area (Å²) in [5, 5.41) is 4.24. The lowest BCUT2D eigenvalue weighted by Gasteiger charge is -2.12. The number of nitrogens with one attached hydrogen (secondary N) is 1. The van der Waals surface area contributed by atoms with E-state index < -0.39 is 0 Å². The molecule has 4 rings (SSSR count). The van der Waals surface area contributed by atoms with Crippen molar-refractivity contribution in [3.8, 4) is 28.4 Å². The third kappa shape index (κ3) is 5.28. The number of carbonyl (C=O) groups is 1. The van der Waals surface area contributed by atoms with E-state index in [1.165, 1.54) is 13.2 Å². The lowest BCUT2D eigenvalue weighted by atomic mass is 9.99. The van der Waals surface area contributed by atoms with Gasteiger partial charge in [-0.05, 0) is 61.4 Å². The highest BCUT2D eigenvalue weighted by molar-refractivity contribution is 6.31. The molecule has 4 aromatic rings. The van der Waals surface area contributed by atoms with E-state index in [2.05, 4.69) is 5.32 Å². The van der Waals surface area contributed by atoms with E-state index in [1.807, 2.05) is 50.2 Å². The molecular formula is C28H26ClNO5. The largest absolute Gasteiger partial charge is 0.497 e. The zero-order valence-electron chi connectivity index (χ0n) is 20.0. The van der Waals surface area contributed by atoms with E-state index in [9.17, 15) is 4.79 Å². The second-order valence-electron chi connectivity index (χ2n) is 7.82. The Hall–Kier alpha value is -3.90. The average Bonchev–Trinajstić information content (AvgIpc) is 3.26. The fourth-order valence-electron chi connectivity index (χ4n) is 3.87. The maximum atomic E-state index is 12.9. The molecule has 0 aliphatic carbocycles. The van der Waals surface area contributed by atoms with Gasteiger partial charge in [-0.15, -0.1) is 0 Å². The third-order valence-corrected chi connectivity index (χ3v) is 5.78. The summed E-state index contributed by atoms with van der Waals surface area (Å²) in [6.07, 6.45) is 3.24. The molecule has 0 aliphatic rings. The maximum Gasteiger partial charge on any atom is 0.248 e. The van der Waals surface area contributed by atoms with Crippen LogP contribution in [0, 0.1) is 0 Å². The van der Waals surface area contributed by atoms with Gasteiger partial charge < -0.3 is 23.9 Å². The van der Waals surface area contributed by atoms with Crippen LogP contribution in [-0.2, 0) is 4.79 Å². The SMILES string of the molecule is CCOc1cc2occ(-c3cccc(OC)c3)c2cc1/C(C)=C/C(=O)Nc1cc(Cl)ccc1OC. The highest BCUT2D eigenvalue weighted by Crippen LogP contribution is 2.38. The molecule has 1 heterocycles. The number of hydrogen-bond acceptors (Lipinski definition) is 5. The summed E-state index contributed by atoms with van der Waals surface area (Å²) in [6, 6.07) is 16.7. The number of halogens is 1. The predicted octanol–water partition coefficient (Wildman–Crippen LogP) is 7.21. The minimum absolute atomic E-state index is 0.314. The number of amides is 1. The number of ether oxygens (including phenoxy) is 3. The topological polar surface area (TPSA) is 69.9 Å². The molecule has 0 aliphatic heterocycles. The van der Waals surface area contributed by atoms with Crippen molar-refractivity contribution in [3.05, 3.63) is 77.5 Å². The molecule has 0 atom stereocenters. The summed E-state index contributed by atoms with van der Waals surface area (Å²) in [7, 11) is 3.17. The van der Waals surface area contributed by atoms with Crippen LogP contribution in [0.5, 0.6) is 17.2 Å². The number of furan rings is 1. The van der Waals surface area contributed by atoms with Gasteiger partial charge in [-0.1, -0.05) is 23.7 Å². The van der Waals surface area contributed by atoms with E-state index in [0.29, 0.717) is 34.4 Å². The summed E-state index contributed by atoms with van der Waals surface area (Å²) in [4.78, 5) is 12.9. The van der Waals surface area contributed by atoms with Crippen LogP contribution in [0.25, 0.3) is 27.7 Å². The van der Waals surface area contributed by atoms with Crippen LogP contribution in [0.15, 0.2) is 71.4 Å². The number of anilines is 1. The Morgan fingerprint density at radius 3 is 2.63 bits per heavy atom. The van der Waals surface area contributed by atoms with E-state index in [4.69, 9.17) is 30.2 Å². The molecule has 1 N–H and O–H groups in total. The molecule has 0 saturated carbocycles. The number of rotatable bonds is 8. The molecule has 3 aromatic carbocycles. The molecule has 1 amide bonds. The van der Waals surface area contributed by atoms with Crippen molar-refractivity contribution in [2.75, 3.05) is 26.1 Å². The number of allylic oxidation sites excluding steroid dienone is 1. The second-order valence-corrected chi connectivity index (χ2v) is 8.26. The Morgan fingerprint density at radius 2 is 1.89 bits per heavy atom. The Bertz CT molecular complexity index is 1410. The Labute approximate surface area is 209 Å². The molecule has 0 bridgehead atoms. The van der Waals surface area contributed by atoms with Crippen molar-refractivity contribution in [2.24, 2.45) is 0 Å². The standard InChI is InChI=1S/C28H26ClNO5/c1-5-34-26-15-27-22(23(16-35-27)18-7-6-8-20(12-18)32-3)14-21(26)17(2)11-28(31)30-24-13-19(29)9-10-25(24)33-4/h6-16H,5H2,1-4H3,(H,30,31)/b17-11+. The number of benzene rings is 3. The third-order valence-electron chi connectivity index (χ3n) is 5.55. The van der Waals surface area contributed by atoms with Gasteiger partial charge in [-0.25, -0.2) is 0 Å². The summed E-state index contributed by atoms with van der Waals surface area (Å²) in [5.41, 5.74) is 4.58. The van der Waals surface area contributed by atoms with Gasteiger partial charge in [0.25, 0.3) is 0 Å². The minimum atomic E-state index is -0.314. The van der Waals surface area contributed by atoms with Crippen molar-refractivity contribution in [2.45, 2.75) is 13.8 Å². The number of carbonyl (C=O) groups excluding carboxylic acids is 1. The van der Waals surface area contributed by atoms with Gasteiger partial charge in [0.1, 0.15) is 22.8 Å². The second kappa shape index (κ2) is 10.6. The molecule has 1 aromatic heterocycles. The average molecular weight is 492 g/mol. The van der Waals surface area contributed by atoms with Crippen LogP contribution in [0.2, 0.25) is 5.02 Å². The molecule has 0 saturated heterocycles. The van der Waals surface area contributed by atoms with Crippen LogP contribution in [-0.4, -0.2) is 26.7 Å².